The van der Waals surface area contributed by atoms with Gasteiger partial charge < -0.3 is 10.2 Å². The maximum atomic E-state index is 3.73. The van der Waals surface area contributed by atoms with Crippen molar-refractivity contribution in [3.05, 3.63) is 35.4 Å². The van der Waals surface area contributed by atoms with E-state index in [1.807, 2.05) is 0 Å². The molecule has 0 spiro atoms. The minimum atomic E-state index is 0.474. The lowest BCUT2D eigenvalue weighted by molar-refractivity contribution is 0.231. The van der Waals surface area contributed by atoms with Crippen LogP contribution in [0.15, 0.2) is 24.3 Å². The highest BCUT2D eigenvalue weighted by molar-refractivity contribution is 5.28. The predicted octanol–water partition coefficient (Wildman–Crippen LogP) is 4.55. The average molecular weight is 290 g/mol. The highest BCUT2D eigenvalue weighted by Crippen LogP contribution is 2.21. The third-order valence-electron chi connectivity index (χ3n) is 4.43. The van der Waals surface area contributed by atoms with E-state index in [9.17, 15) is 0 Å². The molecular formula is C19H34N2. The number of benzene rings is 1. The molecule has 1 aromatic rings. The lowest BCUT2D eigenvalue weighted by Gasteiger charge is -2.28. The van der Waals surface area contributed by atoms with Crippen LogP contribution in [-0.4, -0.2) is 31.1 Å². The van der Waals surface area contributed by atoms with Gasteiger partial charge in [-0.25, -0.2) is 0 Å². The lowest BCUT2D eigenvalue weighted by Crippen LogP contribution is -2.33. The first-order valence-corrected chi connectivity index (χ1v) is 8.59. The molecule has 0 aliphatic carbocycles. The summed E-state index contributed by atoms with van der Waals surface area (Å²) in [5, 5.41) is 3.73. The highest BCUT2D eigenvalue weighted by Gasteiger charge is 2.15. The molecule has 1 aromatic carbocycles. The molecule has 0 heterocycles. The first kappa shape index (κ1) is 18.2. The molecule has 0 aliphatic heterocycles. The number of hydrogen-bond acceptors (Lipinski definition) is 2. The fourth-order valence-corrected chi connectivity index (χ4v) is 2.86. The fraction of sp³-hybridized carbons (Fsp3) is 0.684. The van der Waals surface area contributed by atoms with Crippen LogP contribution in [0.3, 0.4) is 0 Å². The molecule has 0 fully saturated rings. The average Bonchev–Trinajstić information content (AvgIpc) is 2.48. The maximum Gasteiger partial charge on any atom is 0.0335 e. The second-order valence-corrected chi connectivity index (χ2v) is 6.27. The van der Waals surface area contributed by atoms with Crippen LogP contribution in [0.1, 0.15) is 63.6 Å². The van der Waals surface area contributed by atoms with Gasteiger partial charge in [-0.1, -0.05) is 44.5 Å². The van der Waals surface area contributed by atoms with Gasteiger partial charge in [0.15, 0.2) is 0 Å². The Hall–Kier alpha value is -0.860. The molecule has 21 heavy (non-hydrogen) atoms. The quantitative estimate of drug-likeness (QED) is 0.680. The number of aryl methyl sites for hydroxylation is 1. The minimum Gasteiger partial charge on any atom is -0.310 e. The van der Waals surface area contributed by atoms with Crippen molar-refractivity contribution in [1.29, 1.82) is 0 Å². The molecule has 120 valence electrons. The molecule has 0 bridgehead atoms. The Morgan fingerprint density at radius 1 is 1.10 bits per heavy atom. The van der Waals surface area contributed by atoms with E-state index in [1.165, 1.54) is 36.8 Å². The first-order chi connectivity index (χ1) is 10.1. The Balaban J connectivity index is 2.64. The number of nitrogens with zero attached hydrogens (tertiary/aromatic N) is 1. The van der Waals surface area contributed by atoms with Crippen molar-refractivity contribution >= 4 is 0 Å². The molecule has 0 amide bonds. The molecule has 2 atom stereocenters. The van der Waals surface area contributed by atoms with Crippen LogP contribution in [0.4, 0.5) is 0 Å². The van der Waals surface area contributed by atoms with Crippen molar-refractivity contribution in [1.82, 2.24) is 10.2 Å². The highest BCUT2D eigenvalue weighted by atomic mass is 15.1. The van der Waals surface area contributed by atoms with E-state index in [4.69, 9.17) is 0 Å². The topological polar surface area (TPSA) is 15.3 Å². The number of nitrogens with one attached hydrogen (secondary N) is 1. The van der Waals surface area contributed by atoms with E-state index in [2.05, 4.69) is 69.2 Å². The van der Waals surface area contributed by atoms with Crippen molar-refractivity contribution in [2.75, 3.05) is 20.1 Å². The molecular weight excluding hydrogens is 256 g/mol. The van der Waals surface area contributed by atoms with Crippen molar-refractivity contribution in [3.8, 4) is 0 Å². The molecule has 0 saturated heterocycles. The molecule has 0 aliphatic rings. The van der Waals surface area contributed by atoms with Crippen LogP contribution in [0.5, 0.6) is 0 Å². The van der Waals surface area contributed by atoms with Crippen LogP contribution < -0.4 is 5.32 Å². The summed E-state index contributed by atoms with van der Waals surface area (Å²) < 4.78 is 0. The predicted molar refractivity (Wildman–Crippen MR) is 93.8 cm³/mol. The van der Waals surface area contributed by atoms with Gasteiger partial charge in [-0.3, -0.25) is 0 Å². The van der Waals surface area contributed by atoms with E-state index < -0.39 is 0 Å². The second kappa shape index (κ2) is 9.97. The van der Waals surface area contributed by atoms with Crippen LogP contribution in [-0.2, 0) is 0 Å². The van der Waals surface area contributed by atoms with Gasteiger partial charge in [0.25, 0.3) is 0 Å². The molecule has 0 radical (unpaired) electrons. The van der Waals surface area contributed by atoms with E-state index in [1.54, 1.807) is 0 Å². The van der Waals surface area contributed by atoms with E-state index in [0.717, 1.165) is 13.1 Å². The van der Waals surface area contributed by atoms with Gasteiger partial charge >= 0.3 is 0 Å². The van der Waals surface area contributed by atoms with Crippen molar-refractivity contribution in [2.24, 2.45) is 0 Å². The number of hydrogen-bond donors (Lipinski definition) is 1. The molecule has 1 rings (SSSR count). The van der Waals surface area contributed by atoms with Crippen molar-refractivity contribution in [3.63, 3.8) is 0 Å². The largest absolute Gasteiger partial charge is 0.310 e. The molecule has 0 aromatic heterocycles. The third-order valence-corrected chi connectivity index (χ3v) is 4.43. The van der Waals surface area contributed by atoms with Gasteiger partial charge in [0.2, 0.25) is 0 Å². The molecule has 0 saturated carbocycles. The van der Waals surface area contributed by atoms with Crippen LogP contribution >= 0.6 is 0 Å². The summed E-state index contributed by atoms with van der Waals surface area (Å²) in [6.07, 6.45) is 4.91. The van der Waals surface area contributed by atoms with Crippen LogP contribution in [0.25, 0.3) is 0 Å². The van der Waals surface area contributed by atoms with Gasteiger partial charge in [0, 0.05) is 12.1 Å². The Morgan fingerprint density at radius 3 is 2.43 bits per heavy atom. The van der Waals surface area contributed by atoms with Crippen molar-refractivity contribution in [2.45, 2.75) is 65.5 Å². The zero-order valence-corrected chi connectivity index (χ0v) is 14.7. The molecule has 2 heteroatoms. The third kappa shape index (κ3) is 6.19. The van der Waals surface area contributed by atoms with Gasteiger partial charge in [0.1, 0.15) is 0 Å². The monoisotopic (exact) mass is 290 g/mol. The summed E-state index contributed by atoms with van der Waals surface area (Å²) >= 11 is 0. The summed E-state index contributed by atoms with van der Waals surface area (Å²) in [6, 6.07) is 9.94. The normalized spacial score (nSPS) is 14.4. The zero-order valence-electron chi connectivity index (χ0n) is 14.7. The Kier molecular flexibility index (Phi) is 8.63. The van der Waals surface area contributed by atoms with E-state index in [0.29, 0.717) is 12.1 Å². The summed E-state index contributed by atoms with van der Waals surface area (Å²) in [4.78, 5) is 2.50. The maximum absolute atomic E-state index is 3.73. The summed E-state index contributed by atoms with van der Waals surface area (Å²) in [5.74, 6) is 0. The smallest absolute Gasteiger partial charge is 0.0335 e. The number of rotatable bonds is 10. The SMILES string of the molecule is CCCNC(CCN(C)C(C)CCC)c1ccccc1C. The Bertz CT molecular complexity index is 389. The molecule has 1 N–H and O–H groups in total. The summed E-state index contributed by atoms with van der Waals surface area (Å²) in [5.41, 5.74) is 2.86. The second-order valence-electron chi connectivity index (χ2n) is 6.27. The van der Waals surface area contributed by atoms with Gasteiger partial charge in [0.05, 0.1) is 0 Å². The van der Waals surface area contributed by atoms with Crippen molar-refractivity contribution < 1.29 is 0 Å². The molecule has 2 unspecified atom stereocenters. The Morgan fingerprint density at radius 2 is 1.81 bits per heavy atom. The van der Waals surface area contributed by atoms with E-state index in [-0.39, 0.29) is 0 Å². The Labute approximate surface area is 131 Å². The minimum absolute atomic E-state index is 0.474. The fourth-order valence-electron chi connectivity index (χ4n) is 2.86. The first-order valence-electron chi connectivity index (χ1n) is 8.59. The summed E-state index contributed by atoms with van der Waals surface area (Å²) in [7, 11) is 2.26. The molecule has 2 nitrogen and oxygen atoms in total. The lowest BCUT2D eigenvalue weighted by atomic mass is 9.98. The van der Waals surface area contributed by atoms with Crippen LogP contribution in [0, 0.1) is 6.92 Å². The van der Waals surface area contributed by atoms with Gasteiger partial charge in [-0.15, -0.1) is 0 Å². The van der Waals surface area contributed by atoms with Gasteiger partial charge in [-0.2, -0.15) is 0 Å². The van der Waals surface area contributed by atoms with E-state index >= 15 is 0 Å². The standard InChI is InChI=1S/C19H34N2/c1-6-10-17(4)21(5)15-13-19(20-14-7-2)18-12-9-8-11-16(18)3/h8-9,11-12,17,19-20H,6-7,10,13-15H2,1-5H3. The zero-order chi connectivity index (χ0) is 15.7. The van der Waals surface area contributed by atoms with Gasteiger partial charge in [-0.05, 0) is 64.4 Å². The van der Waals surface area contributed by atoms with Crippen LogP contribution in [0.2, 0.25) is 0 Å². The summed E-state index contributed by atoms with van der Waals surface area (Å²) in [6.45, 7) is 11.3.